The van der Waals surface area contributed by atoms with E-state index in [-0.39, 0.29) is 0 Å². The van der Waals surface area contributed by atoms with E-state index in [1.807, 2.05) is 19.9 Å². The van der Waals surface area contributed by atoms with Gasteiger partial charge in [-0.2, -0.15) is 0 Å². The van der Waals surface area contributed by atoms with Crippen molar-refractivity contribution in [2.75, 3.05) is 0 Å². The van der Waals surface area contributed by atoms with Crippen molar-refractivity contribution in [3.8, 4) is 0 Å². The molecule has 0 saturated carbocycles. The van der Waals surface area contributed by atoms with Crippen LogP contribution >= 0.6 is 0 Å². The Morgan fingerprint density at radius 3 is 1.92 bits per heavy atom. The summed E-state index contributed by atoms with van der Waals surface area (Å²) in [5, 5.41) is 0. The minimum atomic E-state index is 0.746. The lowest BCUT2D eigenvalue weighted by Crippen LogP contribution is -1.95. The van der Waals surface area contributed by atoms with Gasteiger partial charge in [0.05, 0.1) is 0 Å². The first-order chi connectivity index (χ1) is 6.02. The van der Waals surface area contributed by atoms with Crippen LogP contribution < -0.4 is 5.73 Å². The van der Waals surface area contributed by atoms with Crippen LogP contribution in [0, 0.1) is 0 Å². The Morgan fingerprint density at radius 2 is 1.69 bits per heavy atom. The standard InChI is InChI=1S/C12H17N/c1-6-11(9(3)4)8-12(7-2)10(5)13/h6-8H,1-3,13H2,4-5H3/b11-8+,12-10+. The molecule has 0 saturated heterocycles. The summed E-state index contributed by atoms with van der Waals surface area (Å²) in [7, 11) is 0. The lowest BCUT2D eigenvalue weighted by atomic mass is 10.0. The van der Waals surface area contributed by atoms with Crippen molar-refractivity contribution in [1.82, 2.24) is 0 Å². The van der Waals surface area contributed by atoms with Gasteiger partial charge in [-0.15, -0.1) is 0 Å². The van der Waals surface area contributed by atoms with Crippen LogP contribution in [-0.4, -0.2) is 0 Å². The summed E-state index contributed by atoms with van der Waals surface area (Å²) in [5.41, 5.74) is 9.26. The highest BCUT2D eigenvalue weighted by Gasteiger charge is 1.95. The van der Waals surface area contributed by atoms with Gasteiger partial charge in [-0.05, 0) is 31.1 Å². The van der Waals surface area contributed by atoms with Gasteiger partial charge in [0.2, 0.25) is 0 Å². The maximum Gasteiger partial charge on any atom is 0.0122 e. The van der Waals surface area contributed by atoms with Crippen molar-refractivity contribution in [2.45, 2.75) is 13.8 Å². The van der Waals surface area contributed by atoms with Gasteiger partial charge in [-0.25, -0.2) is 0 Å². The molecule has 0 aliphatic heterocycles. The first-order valence-electron chi connectivity index (χ1n) is 4.11. The Morgan fingerprint density at radius 1 is 1.15 bits per heavy atom. The maximum absolute atomic E-state index is 5.65. The van der Waals surface area contributed by atoms with Crippen molar-refractivity contribution >= 4 is 0 Å². The van der Waals surface area contributed by atoms with Crippen molar-refractivity contribution in [3.05, 3.63) is 60.4 Å². The molecule has 0 aromatic carbocycles. The number of hydrogen-bond acceptors (Lipinski definition) is 1. The zero-order chi connectivity index (χ0) is 10.4. The monoisotopic (exact) mass is 175 g/mol. The van der Waals surface area contributed by atoms with Gasteiger partial charge in [0.15, 0.2) is 0 Å². The largest absolute Gasteiger partial charge is 0.402 e. The third-order valence-electron chi connectivity index (χ3n) is 1.70. The Balaban J connectivity index is 5.10. The van der Waals surface area contributed by atoms with E-state index in [1.165, 1.54) is 0 Å². The third-order valence-corrected chi connectivity index (χ3v) is 1.70. The normalized spacial score (nSPS) is 13.2. The molecule has 0 rings (SSSR count). The molecule has 13 heavy (non-hydrogen) atoms. The molecule has 0 atom stereocenters. The maximum atomic E-state index is 5.65. The van der Waals surface area contributed by atoms with Gasteiger partial charge >= 0.3 is 0 Å². The topological polar surface area (TPSA) is 26.0 Å². The van der Waals surface area contributed by atoms with E-state index < -0.39 is 0 Å². The van der Waals surface area contributed by atoms with E-state index >= 15 is 0 Å². The summed E-state index contributed by atoms with van der Waals surface area (Å²) in [6.45, 7) is 15.0. The van der Waals surface area contributed by atoms with Crippen LogP contribution in [0.15, 0.2) is 60.4 Å². The predicted molar refractivity (Wildman–Crippen MR) is 60.2 cm³/mol. The minimum Gasteiger partial charge on any atom is -0.402 e. The average Bonchev–Trinajstić information content (AvgIpc) is 2.05. The van der Waals surface area contributed by atoms with E-state index in [4.69, 9.17) is 5.73 Å². The lowest BCUT2D eigenvalue weighted by molar-refractivity contribution is 1.27. The zero-order valence-corrected chi connectivity index (χ0v) is 8.43. The predicted octanol–water partition coefficient (Wildman–Crippen LogP) is 3.09. The fraction of sp³-hybridized carbons (Fsp3) is 0.167. The van der Waals surface area contributed by atoms with Gasteiger partial charge in [0.1, 0.15) is 0 Å². The molecule has 1 nitrogen and oxygen atoms in total. The Bertz CT molecular complexity index is 286. The smallest absolute Gasteiger partial charge is 0.0122 e. The van der Waals surface area contributed by atoms with Crippen molar-refractivity contribution in [1.29, 1.82) is 0 Å². The molecule has 2 N–H and O–H groups in total. The Kier molecular flexibility index (Phi) is 4.60. The molecule has 0 spiro atoms. The molecular weight excluding hydrogens is 158 g/mol. The first-order valence-corrected chi connectivity index (χ1v) is 4.11. The van der Waals surface area contributed by atoms with E-state index in [0.29, 0.717) is 0 Å². The number of allylic oxidation sites excluding steroid dienone is 7. The summed E-state index contributed by atoms with van der Waals surface area (Å²) in [6, 6.07) is 0. The molecule has 0 heterocycles. The van der Waals surface area contributed by atoms with E-state index in [2.05, 4.69) is 19.7 Å². The molecule has 0 aliphatic carbocycles. The summed E-state index contributed by atoms with van der Waals surface area (Å²) in [6.07, 6.45) is 5.41. The van der Waals surface area contributed by atoms with Crippen LogP contribution in [0.25, 0.3) is 0 Å². The second kappa shape index (κ2) is 5.20. The SMILES string of the molecule is C=C/C(=C\C(C=C)=C(/C)N)C(=C)C. The van der Waals surface area contributed by atoms with E-state index in [0.717, 1.165) is 22.4 Å². The summed E-state index contributed by atoms with van der Waals surface area (Å²) >= 11 is 0. The second-order valence-electron chi connectivity index (χ2n) is 2.93. The highest BCUT2D eigenvalue weighted by atomic mass is 14.6. The van der Waals surface area contributed by atoms with Gasteiger partial charge < -0.3 is 5.73 Å². The average molecular weight is 175 g/mol. The quantitative estimate of drug-likeness (QED) is 0.653. The fourth-order valence-corrected chi connectivity index (χ4v) is 0.858. The summed E-state index contributed by atoms with van der Waals surface area (Å²) in [5.74, 6) is 0. The van der Waals surface area contributed by atoms with Crippen LogP contribution in [0.1, 0.15) is 13.8 Å². The molecule has 0 aliphatic rings. The fourth-order valence-electron chi connectivity index (χ4n) is 0.858. The molecule has 1 heteroatoms. The van der Waals surface area contributed by atoms with Gasteiger partial charge in [-0.3, -0.25) is 0 Å². The molecule has 0 aromatic rings. The molecule has 0 radical (unpaired) electrons. The number of rotatable bonds is 4. The Hall–Kier alpha value is -1.50. The van der Waals surface area contributed by atoms with Crippen molar-refractivity contribution in [3.63, 3.8) is 0 Å². The zero-order valence-electron chi connectivity index (χ0n) is 8.43. The molecule has 0 bridgehead atoms. The minimum absolute atomic E-state index is 0.746. The molecule has 70 valence electrons. The lowest BCUT2D eigenvalue weighted by Gasteiger charge is -2.02. The molecular formula is C12H17N. The van der Waals surface area contributed by atoms with Gasteiger partial charge in [0.25, 0.3) is 0 Å². The van der Waals surface area contributed by atoms with Crippen LogP contribution in [0.3, 0.4) is 0 Å². The number of hydrogen-bond donors (Lipinski definition) is 1. The van der Waals surface area contributed by atoms with E-state index in [1.54, 1.807) is 12.2 Å². The highest BCUT2D eigenvalue weighted by molar-refractivity contribution is 5.45. The highest BCUT2D eigenvalue weighted by Crippen LogP contribution is 2.13. The Labute approximate surface area is 80.6 Å². The van der Waals surface area contributed by atoms with Crippen molar-refractivity contribution in [2.24, 2.45) is 5.73 Å². The van der Waals surface area contributed by atoms with Crippen LogP contribution in [0.4, 0.5) is 0 Å². The molecule has 0 unspecified atom stereocenters. The van der Waals surface area contributed by atoms with Crippen LogP contribution in [0.2, 0.25) is 0 Å². The molecule has 0 aromatic heterocycles. The summed E-state index contributed by atoms with van der Waals surface area (Å²) < 4.78 is 0. The van der Waals surface area contributed by atoms with Gasteiger partial charge in [-0.1, -0.05) is 37.5 Å². The van der Waals surface area contributed by atoms with Crippen molar-refractivity contribution < 1.29 is 0 Å². The number of nitrogens with two attached hydrogens (primary N) is 1. The third kappa shape index (κ3) is 3.61. The molecule has 0 fully saturated rings. The van der Waals surface area contributed by atoms with Crippen LogP contribution in [-0.2, 0) is 0 Å². The van der Waals surface area contributed by atoms with Gasteiger partial charge in [0, 0.05) is 5.70 Å². The first kappa shape index (κ1) is 11.5. The molecule has 0 amide bonds. The van der Waals surface area contributed by atoms with Crippen LogP contribution in [0.5, 0.6) is 0 Å². The second-order valence-corrected chi connectivity index (χ2v) is 2.93. The van der Waals surface area contributed by atoms with E-state index in [9.17, 15) is 0 Å². The summed E-state index contributed by atoms with van der Waals surface area (Å²) in [4.78, 5) is 0.